The first kappa shape index (κ1) is 21.7. The van der Waals surface area contributed by atoms with Crippen LogP contribution in [0.25, 0.3) is 10.9 Å². The second kappa shape index (κ2) is 8.22. The number of amides is 1. The molecule has 9 heteroatoms. The van der Waals surface area contributed by atoms with Gasteiger partial charge in [0.15, 0.2) is 0 Å². The molecule has 0 radical (unpaired) electrons. The van der Waals surface area contributed by atoms with Crippen molar-refractivity contribution in [3.63, 3.8) is 0 Å². The summed E-state index contributed by atoms with van der Waals surface area (Å²) in [6.07, 6.45) is -1.66. The average Bonchev–Trinajstić information content (AvgIpc) is 3.19. The summed E-state index contributed by atoms with van der Waals surface area (Å²) in [5.41, 5.74) is -1.32. The summed E-state index contributed by atoms with van der Waals surface area (Å²) in [7, 11) is 1.48. The first-order valence-electron chi connectivity index (χ1n) is 10.2. The van der Waals surface area contributed by atoms with Gasteiger partial charge in [-0.05, 0) is 50.1 Å². The van der Waals surface area contributed by atoms with Crippen molar-refractivity contribution in [2.75, 3.05) is 23.9 Å². The summed E-state index contributed by atoms with van der Waals surface area (Å²) in [5, 5.41) is 2.50. The van der Waals surface area contributed by atoms with E-state index < -0.39 is 28.8 Å². The van der Waals surface area contributed by atoms with E-state index in [1.165, 1.54) is 25.4 Å². The number of nitrogens with one attached hydrogen (secondary N) is 2. The van der Waals surface area contributed by atoms with Crippen LogP contribution >= 0.6 is 0 Å². The number of aromatic amines is 1. The average molecular weight is 445 g/mol. The molecule has 1 saturated heterocycles. The molecule has 1 fully saturated rings. The number of H-pyrrole nitrogens is 1. The van der Waals surface area contributed by atoms with Gasteiger partial charge in [0.25, 0.3) is 5.91 Å². The molecular formula is C23H22F3N3O3. The quantitative estimate of drug-likeness (QED) is 0.605. The third-order valence-corrected chi connectivity index (χ3v) is 5.77. The second-order valence-electron chi connectivity index (χ2n) is 7.81. The van der Waals surface area contributed by atoms with E-state index in [2.05, 4.69) is 10.3 Å². The van der Waals surface area contributed by atoms with E-state index in [-0.39, 0.29) is 17.0 Å². The monoisotopic (exact) mass is 445 g/mol. The molecule has 2 heterocycles. The zero-order chi connectivity index (χ0) is 23.0. The Labute approximate surface area is 182 Å². The Hall–Kier alpha value is -3.49. The lowest BCUT2D eigenvalue weighted by Crippen LogP contribution is -2.27. The molecule has 2 aromatic carbocycles. The lowest BCUT2D eigenvalue weighted by Gasteiger charge is -2.25. The Morgan fingerprint density at radius 2 is 2.00 bits per heavy atom. The van der Waals surface area contributed by atoms with Crippen molar-refractivity contribution in [1.29, 1.82) is 0 Å². The lowest BCUT2D eigenvalue weighted by atomic mass is 10.1. The van der Waals surface area contributed by atoms with E-state index >= 15 is 0 Å². The second-order valence-corrected chi connectivity index (χ2v) is 7.81. The highest BCUT2D eigenvalue weighted by Crippen LogP contribution is 2.38. The molecule has 32 heavy (non-hydrogen) atoms. The highest BCUT2D eigenvalue weighted by Gasteiger charge is 2.35. The highest BCUT2D eigenvalue weighted by atomic mass is 19.4. The number of ether oxygens (including phenoxy) is 1. The molecule has 1 aliphatic rings. The summed E-state index contributed by atoms with van der Waals surface area (Å²) in [5.74, 6) is -0.399. The molecule has 168 valence electrons. The van der Waals surface area contributed by atoms with Crippen molar-refractivity contribution in [1.82, 2.24) is 4.98 Å². The fourth-order valence-corrected chi connectivity index (χ4v) is 4.06. The number of carbonyl (C=O) groups is 1. The Bertz CT molecular complexity index is 1240. The van der Waals surface area contributed by atoms with E-state index in [1.807, 2.05) is 11.8 Å². The fraction of sp³-hybridized carbons (Fsp3) is 0.304. The molecule has 1 amide bonds. The molecule has 1 aromatic heterocycles. The minimum atomic E-state index is -4.67. The highest BCUT2D eigenvalue weighted by molar-refractivity contribution is 6.06. The summed E-state index contributed by atoms with van der Waals surface area (Å²) in [6.45, 7) is 2.65. The SMILES string of the molecule is COc1ccc2c(=O)c(C(=O)Nc3ccc(N4CCCC4C)cc3C(F)(F)F)c[nH]c2c1. The van der Waals surface area contributed by atoms with Crippen molar-refractivity contribution in [3.05, 3.63) is 63.9 Å². The molecule has 4 rings (SSSR count). The molecule has 2 N–H and O–H groups in total. The van der Waals surface area contributed by atoms with Crippen LogP contribution in [0.4, 0.5) is 24.5 Å². The van der Waals surface area contributed by atoms with Gasteiger partial charge in [-0.1, -0.05) is 0 Å². The van der Waals surface area contributed by atoms with E-state index in [1.54, 1.807) is 18.2 Å². The van der Waals surface area contributed by atoms with Gasteiger partial charge < -0.3 is 19.9 Å². The van der Waals surface area contributed by atoms with Crippen molar-refractivity contribution in [2.24, 2.45) is 0 Å². The third-order valence-electron chi connectivity index (χ3n) is 5.77. The molecule has 3 aromatic rings. The molecule has 0 spiro atoms. The van der Waals surface area contributed by atoms with Gasteiger partial charge in [-0.15, -0.1) is 0 Å². The molecular weight excluding hydrogens is 423 g/mol. The largest absolute Gasteiger partial charge is 0.497 e. The van der Waals surface area contributed by atoms with E-state index in [0.717, 1.165) is 18.9 Å². The van der Waals surface area contributed by atoms with Gasteiger partial charge in [-0.25, -0.2) is 0 Å². The number of anilines is 2. The number of nitrogens with zero attached hydrogens (tertiary/aromatic N) is 1. The Morgan fingerprint density at radius 3 is 2.66 bits per heavy atom. The lowest BCUT2D eigenvalue weighted by molar-refractivity contribution is -0.136. The molecule has 6 nitrogen and oxygen atoms in total. The summed E-state index contributed by atoms with van der Waals surface area (Å²) in [6, 6.07) is 8.65. The van der Waals surface area contributed by atoms with Crippen LogP contribution < -0.4 is 20.4 Å². The number of hydrogen-bond donors (Lipinski definition) is 2. The number of methoxy groups -OCH3 is 1. The number of benzene rings is 2. The predicted molar refractivity (Wildman–Crippen MR) is 117 cm³/mol. The van der Waals surface area contributed by atoms with E-state index in [9.17, 15) is 22.8 Å². The molecule has 0 aliphatic carbocycles. The number of carbonyl (C=O) groups excluding carboxylic acids is 1. The Kier molecular flexibility index (Phi) is 5.58. The van der Waals surface area contributed by atoms with Crippen LogP contribution in [-0.4, -0.2) is 30.6 Å². The maximum absolute atomic E-state index is 13.8. The minimum Gasteiger partial charge on any atom is -0.497 e. The van der Waals surface area contributed by atoms with Crippen molar-refractivity contribution >= 4 is 28.2 Å². The van der Waals surface area contributed by atoms with E-state index in [0.29, 0.717) is 23.5 Å². The Balaban J connectivity index is 1.68. The first-order valence-corrected chi connectivity index (χ1v) is 10.2. The Morgan fingerprint density at radius 1 is 1.22 bits per heavy atom. The molecule has 1 atom stereocenters. The number of aromatic nitrogens is 1. The fourth-order valence-electron chi connectivity index (χ4n) is 4.06. The van der Waals surface area contributed by atoms with Crippen molar-refractivity contribution < 1.29 is 22.7 Å². The minimum absolute atomic E-state index is 0.145. The van der Waals surface area contributed by atoms with Gasteiger partial charge in [-0.2, -0.15) is 13.2 Å². The number of alkyl halides is 3. The standard InChI is InChI=1S/C23H22F3N3O3/c1-13-4-3-9-29(13)14-5-8-19(18(10-14)23(24,25)26)28-22(31)17-12-27-20-11-15(32-2)6-7-16(20)21(17)30/h5-8,10-13H,3-4,9H2,1-2H3,(H,27,30)(H,28,31). The van der Waals surface area contributed by atoms with Crippen LogP contribution in [0.3, 0.4) is 0 Å². The smallest absolute Gasteiger partial charge is 0.418 e. The van der Waals surface area contributed by atoms with Crippen LogP contribution in [0.2, 0.25) is 0 Å². The molecule has 0 bridgehead atoms. The van der Waals surface area contributed by atoms with Crippen LogP contribution in [0, 0.1) is 0 Å². The molecule has 1 unspecified atom stereocenters. The van der Waals surface area contributed by atoms with Crippen LogP contribution in [0.1, 0.15) is 35.7 Å². The van der Waals surface area contributed by atoms with Crippen LogP contribution in [-0.2, 0) is 6.18 Å². The van der Waals surface area contributed by atoms with Crippen molar-refractivity contribution in [3.8, 4) is 5.75 Å². The van der Waals surface area contributed by atoms with Crippen LogP contribution in [0.5, 0.6) is 5.75 Å². The predicted octanol–water partition coefficient (Wildman–Crippen LogP) is 4.80. The topological polar surface area (TPSA) is 74.4 Å². The van der Waals surface area contributed by atoms with Crippen LogP contribution in [0.15, 0.2) is 47.4 Å². The van der Waals surface area contributed by atoms with Gasteiger partial charge in [0.1, 0.15) is 11.3 Å². The normalized spacial score (nSPS) is 16.4. The van der Waals surface area contributed by atoms with Gasteiger partial charge >= 0.3 is 6.18 Å². The number of hydrogen-bond acceptors (Lipinski definition) is 4. The zero-order valence-corrected chi connectivity index (χ0v) is 17.5. The van der Waals surface area contributed by atoms with Gasteiger partial charge in [0.2, 0.25) is 5.43 Å². The zero-order valence-electron chi connectivity index (χ0n) is 17.5. The maximum atomic E-state index is 13.8. The summed E-state index contributed by atoms with van der Waals surface area (Å²) >= 11 is 0. The number of halogens is 3. The van der Waals surface area contributed by atoms with Gasteiger partial charge in [-0.3, -0.25) is 9.59 Å². The number of pyridine rings is 1. The van der Waals surface area contributed by atoms with Gasteiger partial charge in [0.05, 0.1) is 23.9 Å². The maximum Gasteiger partial charge on any atom is 0.418 e. The number of fused-ring (bicyclic) bond motifs is 1. The summed E-state index contributed by atoms with van der Waals surface area (Å²) in [4.78, 5) is 30.2. The molecule has 1 aliphatic heterocycles. The van der Waals surface area contributed by atoms with E-state index in [4.69, 9.17) is 4.74 Å². The molecule has 0 saturated carbocycles. The summed E-state index contributed by atoms with van der Waals surface area (Å²) < 4.78 is 46.4. The van der Waals surface area contributed by atoms with Crippen molar-refractivity contribution in [2.45, 2.75) is 32.0 Å². The number of rotatable bonds is 4. The first-order chi connectivity index (χ1) is 15.2. The third kappa shape index (κ3) is 4.02. The van der Waals surface area contributed by atoms with Gasteiger partial charge in [0, 0.05) is 35.9 Å².